The average molecular weight is 170 g/mol. The molecule has 0 spiro atoms. The molecule has 12 heavy (non-hydrogen) atoms. The molecule has 0 saturated carbocycles. The van der Waals surface area contributed by atoms with Gasteiger partial charge in [-0.15, -0.1) is 0 Å². The molecule has 1 aromatic rings. The van der Waals surface area contributed by atoms with Gasteiger partial charge in [0.2, 0.25) is 0 Å². The van der Waals surface area contributed by atoms with Gasteiger partial charge in [0.1, 0.15) is 11.6 Å². The smallest absolute Gasteiger partial charge is 0.129 e. The summed E-state index contributed by atoms with van der Waals surface area (Å²) in [5, 5.41) is 0. The fourth-order valence-corrected chi connectivity index (χ4v) is 1.19. The SMILES string of the molecule is CCc1cc(CC)c(F)cc1F. The van der Waals surface area contributed by atoms with Crippen LogP contribution < -0.4 is 0 Å². The second-order valence-electron chi connectivity index (χ2n) is 2.74. The molecule has 0 radical (unpaired) electrons. The Morgan fingerprint density at radius 2 is 1.33 bits per heavy atom. The van der Waals surface area contributed by atoms with Gasteiger partial charge in [0.25, 0.3) is 0 Å². The first-order chi connectivity index (χ1) is 5.69. The van der Waals surface area contributed by atoms with Gasteiger partial charge in [0.15, 0.2) is 0 Å². The van der Waals surface area contributed by atoms with Crippen LogP contribution in [0, 0.1) is 11.6 Å². The molecule has 66 valence electrons. The monoisotopic (exact) mass is 170 g/mol. The maximum Gasteiger partial charge on any atom is 0.129 e. The fraction of sp³-hybridized carbons (Fsp3) is 0.400. The van der Waals surface area contributed by atoms with E-state index in [0.717, 1.165) is 6.07 Å². The van der Waals surface area contributed by atoms with E-state index < -0.39 is 11.6 Å². The zero-order valence-electron chi connectivity index (χ0n) is 7.32. The van der Waals surface area contributed by atoms with Crippen molar-refractivity contribution in [3.63, 3.8) is 0 Å². The minimum absolute atomic E-state index is 0.438. The third-order valence-electron chi connectivity index (χ3n) is 1.98. The van der Waals surface area contributed by atoms with Gasteiger partial charge < -0.3 is 0 Å². The Labute approximate surface area is 71.2 Å². The first-order valence-corrected chi connectivity index (χ1v) is 4.15. The largest absolute Gasteiger partial charge is 0.207 e. The quantitative estimate of drug-likeness (QED) is 0.639. The minimum atomic E-state index is -0.438. The Morgan fingerprint density at radius 3 is 1.67 bits per heavy atom. The Balaban J connectivity index is 3.18. The molecule has 0 saturated heterocycles. The van der Waals surface area contributed by atoms with Crippen LogP contribution in [-0.4, -0.2) is 0 Å². The minimum Gasteiger partial charge on any atom is -0.207 e. The molecule has 0 fully saturated rings. The Morgan fingerprint density at radius 1 is 0.917 bits per heavy atom. The van der Waals surface area contributed by atoms with Crippen LogP contribution in [0.4, 0.5) is 8.78 Å². The summed E-state index contributed by atoms with van der Waals surface area (Å²) in [5.74, 6) is -0.876. The molecule has 1 rings (SSSR count). The molecule has 0 unspecified atom stereocenters. The second kappa shape index (κ2) is 3.65. The summed E-state index contributed by atoms with van der Waals surface area (Å²) >= 11 is 0. The predicted octanol–water partition coefficient (Wildman–Crippen LogP) is 3.09. The predicted molar refractivity (Wildman–Crippen MR) is 45.1 cm³/mol. The van der Waals surface area contributed by atoms with E-state index in [1.165, 1.54) is 0 Å². The molecule has 0 aromatic heterocycles. The maximum absolute atomic E-state index is 12.9. The maximum atomic E-state index is 12.9. The fourth-order valence-electron chi connectivity index (χ4n) is 1.19. The van der Waals surface area contributed by atoms with E-state index in [9.17, 15) is 8.78 Å². The van der Waals surface area contributed by atoms with E-state index in [1.807, 2.05) is 13.8 Å². The van der Waals surface area contributed by atoms with Crippen LogP contribution >= 0.6 is 0 Å². The van der Waals surface area contributed by atoms with E-state index in [4.69, 9.17) is 0 Å². The third kappa shape index (κ3) is 1.63. The summed E-state index contributed by atoms with van der Waals surface area (Å²) in [6, 6.07) is 2.57. The van der Waals surface area contributed by atoms with Gasteiger partial charge in [-0.05, 0) is 24.0 Å². The third-order valence-corrected chi connectivity index (χ3v) is 1.98. The van der Waals surface area contributed by atoms with Crippen molar-refractivity contribution in [2.45, 2.75) is 26.7 Å². The highest BCUT2D eigenvalue weighted by atomic mass is 19.1. The van der Waals surface area contributed by atoms with Crippen molar-refractivity contribution in [1.29, 1.82) is 0 Å². The standard InChI is InChI=1S/C10H12F2/c1-3-7-5-8(4-2)10(12)6-9(7)11/h5-6H,3-4H2,1-2H3. The van der Waals surface area contributed by atoms with Crippen LogP contribution in [0.25, 0.3) is 0 Å². The van der Waals surface area contributed by atoms with Gasteiger partial charge in [-0.25, -0.2) is 8.78 Å². The molecule has 0 heterocycles. The lowest BCUT2D eigenvalue weighted by atomic mass is 10.1. The molecule has 0 N–H and O–H groups in total. The van der Waals surface area contributed by atoms with Crippen molar-refractivity contribution < 1.29 is 8.78 Å². The summed E-state index contributed by atoms with van der Waals surface area (Å²) in [5.41, 5.74) is 1.18. The van der Waals surface area contributed by atoms with Gasteiger partial charge in [-0.2, -0.15) is 0 Å². The van der Waals surface area contributed by atoms with Gasteiger partial charge in [0.05, 0.1) is 0 Å². The van der Waals surface area contributed by atoms with Gasteiger partial charge in [-0.1, -0.05) is 19.9 Å². The Kier molecular flexibility index (Phi) is 2.79. The van der Waals surface area contributed by atoms with E-state index >= 15 is 0 Å². The molecule has 0 amide bonds. The molecule has 0 atom stereocenters. The summed E-state index contributed by atoms with van der Waals surface area (Å²) in [6.45, 7) is 3.71. The van der Waals surface area contributed by atoms with Crippen molar-refractivity contribution in [2.75, 3.05) is 0 Å². The molecule has 1 aromatic carbocycles. The molecule has 0 nitrogen and oxygen atoms in total. The van der Waals surface area contributed by atoms with Crippen LogP contribution in [-0.2, 0) is 12.8 Å². The number of halogens is 2. The first kappa shape index (κ1) is 9.17. The van der Waals surface area contributed by atoms with Crippen LogP contribution in [0.15, 0.2) is 12.1 Å². The number of hydrogen-bond acceptors (Lipinski definition) is 0. The number of rotatable bonds is 2. The molecule has 0 bridgehead atoms. The van der Waals surface area contributed by atoms with Gasteiger partial charge >= 0.3 is 0 Å². The summed E-state index contributed by atoms with van der Waals surface area (Å²) in [7, 11) is 0. The highest BCUT2D eigenvalue weighted by Gasteiger charge is 2.06. The molecular formula is C10H12F2. The van der Waals surface area contributed by atoms with E-state index in [2.05, 4.69) is 0 Å². The molecule has 0 aliphatic heterocycles. The van der Waals surface area contributed by atoms with E-state index in [1.54, 1.807) is 6.07 Å². The van der Waals surface area contributed by atoms with Crippen molar-refractivity contribution >= 4 is 0 Å². The lowest BCUT2D eigenvalue weighted by Gasteiger charge is -2.04. The molecule has 0 aliphatic carbocycles. The van der Waals surface area contributed by atoms with Crippen LogP contribution in [0.2, 0.25) is 0 Å². The van der Waals surface area contributed by atoms with Crippen LogP contribution in [0.5, 0.6) is 0 Å². The molecular weight excluding hydrogens is 158 g/mol. The normalized spacial score (nSPS) is 10.3. The van der Waals surface area contributed by atoms with Crippen molar-refractivity contribution in [3.8, 4) is 0 Å². The van der Waals surface area contributed by atoms with E-state index in [-0.39, 0.29) is 0 Å². The molecule has 0 aliphatic rings. The highest BCUT2D eigenvalue weighted by Crippen LogP contribution is 2.15. The number of hydrogen-bond donors (Lipinski definition) is 0. The van der Waals surface area contributed by atoms with E-state index in [0.29, 0.717) is 24.0 Å². The zero-order valence-corrected chi connectivity index (χ0v) is 7.32. The van der Waals surface area contributed by atoms with Gasteiger partial charge in [-0.3, -0.25) is 0 Å². The lowest BCUT2D eigenvalue weighted by Crippen LogP contribution is -1.95. The van der Waals surface area contributed by atoms with Crippen molar-refractivity contribution in [1.82, 2.24) is 0 Å². The average Bonchev–Trinajstić information content (AvgIpc) is 2.05. The zero-order chi connectivity index (χ0) is 9.14. The van der Waals surface area contributed by atoms with Crippen molar-refractivity contribution in [3.05, 3.63) is 34.9 Å². The summed E-state index contributed by atoms with van der Waals surface area (Å²) in [6.07, 6.45) is 1.22. The Hall–Kier alpha value is -0.920. The number of aryl methyl sites for hydroxylation is 2. The highest BCUT2D eigenvalue weighted by molar-refractivity contribution is 5.26. The summed E-state index contributed by atoms with van der Waals surface area (Å²) in [4.78, 5) is 0. The topological polar surface area (TPSA) is 0 Å². The van der Waals surface area contributed by atoms with Gasteiger partial charge in [0, 0.05) is 6.07 Å². The Bertz CT molecular complexity index is 254. The number of benzene rings is 1. The van der Waals surface area contributed by atoms with Crippen LogP contribution in [0.3, 0.4) is 0 Å². The lowest BCUT2D eigenvalue weighted by molar-refractivity contribution is 0.564. The van der Waals surface area contributed by atoms with Crippen LogP contribution in [0.1, 0.15) is 25.0 Å². The van der Waals surface area contributed by atoms with Crippen molar-refractivity contribution in [2.24, 2.45) is 0 Å². The summed E-state index contributed by atoms with van der Waals surface area (Å²) < 4.78 is 25.9. The first-order valence-electron chi connectivity index (χ1n) is 4.15. The second-order valence-corrected chi connectivity index (χ2v) is 2.74. The molecule has 2 heteroatoms.